The van der Waals surface area contributed by atoms with E-state index in [1.165, 1.54) is 17.7 Å². The van der Waals surface area contributed by atoms with Crippen LogP contribution in [0.2, 0.25) is 0 Å². The Bertz CT molecular complexity index is 311. The third kappa shape index (κ3) is 4.76. The maximum atomic E-state index is 5.32. The first-order valence-corrected chi connectivity index (χ1v) is 7.57. The summed E-state index contributed by atoms with van der Waals surface area (Å²) in [6.07, 6.45) is 4.20. The normalized spacial score (nSPS) is 14.8. The van der Waals surface area contributed by atoms with Gasteiger partial charge in [0.1, 0.15) is 5.76 Å². The minimum absolute atomic E-state index is 0.597. The Morgan fingerprint density at radius 1 is 1.41 bits per heavy atom. The molecule has 3 heteroatoms. The van der Waals surface area contributed by atoms with Crippen LogP contribution in [0.3, 0.4) is 0 Å². The molecule has 0 aromatic carbocycles. The second-order valence-corrected chi connectivity index (χ2v) is 5.66. The van der Waals surface area contributed by atoms with Crippen LogP contribution in [0.4, 0.5) is 0 Å². The van der Waals surface area contributed by atoms with Gasteiger partial charge in [0.15, 0.2) is 0 Å². The molecule has 0 radical (unpaired) electrons. The summed E-state index contributed by atoms with van der Waals surface area (Å²) in [5, 5.41) is 3.65. The molecule has 0 bridgehead atoms. The van der Waals surface area contributed by atoms with Crippen LogP contribution in [0, 0.1) is 12.8 Å². The molecule has 0 aliphatic rings. The molecule has 0 spiro atoms. The fourth-order valence-electron chi connectivity index (χ4n) is 1.74. The summed E-state index contributed by atoms with van der Waals surface area (Å²) in [7, 11) is 0. The Morgan fingerprint density at radius 2 is 2.18 bits per heavy atom. The first-order chi connectivity index (χ1) is 8.19. The highest BCUT2D eigenvalue weighted by molar-refractivity contribution is 7.99. The van der Waals surface area contributed by atoms with Crippen LogP contribution in [0.1, 0.15) is 39.4 Å². The van der Waals surface area contributed by atoms with E-state index in [4.69, 9.17) is 4.42 Å². The Hall–Kier alpha value is -0.410. The Balaban J connectivity index is 2.45. The maximum absolute atomic E-state index is 5.32. The maximum Gasteiger partial charge on any atom is 0.114 e. The van der Waals surface area contributed by atoms with Gasteiger partial charge in [-0.05, 0) is 31.9 Å². The first kappa shape index (κ1) is 14.7. The second-order valence-electron chi connectivity index (χ2n) is 4.60. The zero-order valence-corrected chi connectivity index (χ0v) is 12.3. The van der Waals surface area contributed by atoms with Gasteiger partial charge in [0.05, 0.1) is 6.26 Å². The number of thioether (sulfide) groups is 1. The van der Waals surface area contributed by atoms with Crippen molar-refractivity contribution in [2.75, 3.05) is 12.3 Å². The quantitative estimate of drug-likeness (QED) is 0.708. The standard InChI is InChI=1S/C14H25NOS/c1-5-8-15-13(11(3)6-2)10-17-14-7-9-16-12(14)4/h7,9,11,13,15H,5-6,8,10H2,1-4H3. The highest BCUT2D eigenvalue weighted by Gasteiger charge is 2.16. The second kappa shape index (κ2) is 7.83. The van der Waals surface area contributed by atoms with E-state index in [1.807, 2.05) is 18.7 Å². The van der Waals surface area contributed by atoms with E-state index >= 15 is 0 Å². The summed E-state index contributed by atoms with van der Waals surface area (Å²) in [6, 6.07) is 2.66. The molecule has 0 aliphatic carbocycles. The number of hydrogen-bond acceptors (Lipinski definition) is 3. The Kier molecular flexibility index (Phi) is 6.75. The van der Waals surface area contributed by atoms with Crippen LogP contribution in [0.5, 0.6) is 0 Å². The van der Waals surface area contributed by atoms with Crippen molar-refractivity contribution in [1.82, 2.24) is 5.32 Å². The molecule has 2 nitrogen and oxygen atoms in total. The van der Waals surface area contributed by atoms with E-state index < -0.39 is 0 Å². The lowest BCUT2D eigenvalue weighted by Crippen LogP contribution is -2.37. The molecule has 2 unspecified atom stereocenters. The minimum atomic E-state index is 0.597. The SMILES string of the molecule is CCCNC(CSc1ccoc1C)C(C)CC. The van der Waals surface area contributed by atoms with Crippen LogP contribution < -0.4 is 5.32 Å². The fourth-order valence-corrected chi connectivity index (χ4v) is 2.95. The first-order valence-electron chi connectivity index (χ1n) is 6.59. The van der Waals surface area contributed by atoms with Crippen LogP contribution in [-0.2, 0) is 0 Å². The summed E-state index contributed by atoms with van der Waals surface area (Å²) in [5.41, 5.74) is 0. The average molecular weight is 255 g/mol. The van der Waals surface area contributed by atoms with Gasteiger partial charge < -0.3 is 9.73 Å². The largest absolute Gasteiger partial charge is 0.468 e. The van der Waals surface area contributed by atoms with Gasteiger partial charge in [-0.3, -0.25) is 0 Å². The van der Waals surface area contributed by atoms with Gasteiger partial charge in [0.2, 0.25) is 0 Å². The van der Waals surface area contributed by atoms with Crippen LogP contribution in [0.25, 0.3) is 0 Å². The molecule has 2 atom stereocenters. The van der Waals surface area contributed by atoms with E-state index in [0.29, 0.717) is 6.04 Å². The van der Waals surface area contributed by atoms with Gasteiger partial charge in [-0.2, -0.15) is 0 Å². The average Bonchev–Trinajstić information content (AvgIpc) is 2.74. The third-order valence-corrected chi connectivity index (χ3v) is 4.48. The molecule has 0 saturated carbocycles. The van der Waals surface area contributed by atoms with Crippen LogP contribution >= 0.6 is 11.8 Å². The third-order valence-electron chi connectivity index (χ3n) is 3.22. The number of aryl methyl sites for hydroxylation is 1. The number of nitrogens with one attached hydrogen (secondary N) is 1. The predicted molar refractivity (Wildman–Crippen MR) is 75.7 cm³/mol. The zero-order valence-electron chi connectivity index (χ0n) is 11.5. The lowest BCUT2D eigenvalue weighted by molar-refractivity contribution is 0.397. The van der Waals surface area contributed by atoms with Crippen molar-refractivity contribution in [2.45, 2.75) is 51.5 Å². The van der Waals surface area contributed by atoms with Crippen molar-refractivity contribution in [2.24, 2.45) is 5.92 Å². The monoisotopic (exact) mass is 255 g/mol. The van der Waals surface area contributed by atoms with Gasteiger partial charge in [-0.1, -0.05) is 27.2 Å². The van der Waals surface area contributed by atoms with Crippen LogP contribution in [-0.4, -0.2) is 18.3 Å². The van der Waals surface area contributed by atoms with Gasteiger partial charge in [-0.25, -0.2) is 0 Å². The summed E-state index contributed by atoms with van der Waals surface area (Å²) in [5.74, 6) is 2.88. The van der Waals surface area contributed by atoms with Gasteiger partial charge in [-0.15, -0.1) is 11.8 Å². The van der Waals surface area contributed by atoms with Crippen molar-refractivity contribution in [3.05, 3.63) is 18.1 Å². The molecule has 1 heterocycles. The molecule has 1 rings (SSSR count). The molecule has 1 aromatic rings. The topological polar surface area (TPSA) is 25.2 Å². The van der Waals surface area contributed by atoms with Gasteiger partial charge in [0.25, 0.3) is 0 Å². The number of furan rings is 1. The smallest absolute Gasteiger partial charge is 0.114 e. The lowest BCUT2D eigenvalue weighted by atomic mass is 10.0. The summed E-state index contributed by atoms with van der Waals surface area (Å²) < 4.78 is 5.32. The molecular formula is C14H25NOS. The van der Waals surface area contributed by atoms with Crippen molar-refractivity contribution in [1.29, 1.82) is 0 Å². The highest BCUT2D eigenvalue weighted by Crippen LogP contribution is 2.25. The number of rotatable bonds is 8. The predicted octanol–water partition coefficient (Wildman–Crippen LogP) is 4.09. The molecule has 1 aromatic heterocycles. The summed E-state index contributed by atoms with van der Waals surface area (Å²) in [6.45, 7) is 9.95. The molecule has 17 heavy (non-hydrogen) atoms. The van der Waals surface area contributed by atoms with E-state index in [0.717, 1.165) is 24.0 Å². The molecular weight excluding hydrogens is 230 g/mol. The van der Waals surface area contributed by atoms with Crippen molar-refractivity contribution in [3.8, 4) is 0 Å². The van der Waals surface area contributed by atoms with Crippen molar-refractivity contribution >= 4 is 11.8 Å². The van der Waals surface area contributed by atoms with E-state index in [9.17, 15) is 0 Å². The lowest BCUT2D eigenvalue weighted by Gasteiger charge is -2.23. The molecule has 0 fully saturated rings. The zero-order chi connectivity index (χ0) is 12.7. The molecule has 0 saturated heterocycles. The molecule has 98 valence electrons. The van der Waals surface area contributed by atoms with Crippen LogP contribution in [0.15, 0.2) is 21.6 Å². The Morgan fingerprint density at radius 3 is 2.71 bits per heavy atom. The molecule has 0 aliphatic heterocycles. The summed E-state index contributed by atoms with van der Waals surface area (Å²) in [4.78, 5) is 1.27. The van der Waals surface area contributed by atoms with Crippen molar-refractivity contribution in [3.63, 3.8) is 0 Å². The molecule has 0 amide bonds. The molecule has 1 N–H and O–H groups in total. The van der Waals surface area contributed by atoms with Gasteiger partial charge in [0, 0.05) is 16.7 Å². The van der Waals surface area contributed by atoms with E-state index in [2.05, 4.69) is 32.2 Å². The highest BCUT2D eigenvalue weighted by atomic mass is 32.2. The van der Waals surface area contributed by atoms with Gasteiger partial charge >= 0.3 is 0 Å². The summed E-state index contributed by atoms with van der Waals surface area (Å²) >= 11 is 1.90. The van der Waals surface area contributed by atoms with E-state index in [1.54, 1.807) is 6.26 Å². The van der Waals surface area contributed by atoms with E-state index in [-0.39, 0.29) is 0 Å². The Labute approximate surface area is 110 Å². The minimum Gasteiger partial charge on any atom is -0.468 e. The fraction of sp³-hybridized carbons (Fsp3) is 0.714. The van der Waals surface area contributed by atoms with Crippen molar-refractivity contribution < 1.29 is 4.42 Å². The number of hydrogen-bond donors (Lipinski definition) is 1.